The molecular formula is C19H26FIN4OS. The minimum atomic E-state index is -0.208. The molecule has 0 spiro atoms. The van der Waals surface area contributed by atoms with Gasteiger partial charge < -0.3 is 15.4 Å². The molecule has 1 aromatic heterocycles. The maximum atomic E-state index is 13.3. The third-order valence-corrected chi connectivity index (χ3v) is 5.71. The highest BCUT2D eigenvalue weighted by Gasteiger charge is 2.34. The van der Waals surface area contributed by atoms with Crippen LogP contribution in [0.3, 0.4) is 0 Å². The van der Waals surface area contributed by atoms with Crippen molar-refractivity contribution in [3.05, 3.63) is 51.7 Å². The fourth-order valence-electron chi connectivity index (χ4n) is 3.25. The van der Waals surface area contributed by atoms with Gasteiger partial charge in [-0.15, -0.1) is 35.3 Å². The van der Waals surface area contributed by atoms with E-state index in [4.69, 9.17) is 4.74 Å². The quantitative estimate of drug-likeness (QED) is 0.371. The number of hydrogen-bond acceptors (Lipinski definition) is 4. The predicted octanol–water partition coefficient (Wildman–Crippen LogP) is 3.62. The molecule has 0 unspecified atom stereocenters. The normalized spacial score (nSPS) is 16.5. The molecule has 2 heterocycles. The van der Waals surface area contributed by atoms with Gasteiger partial charge in [0.15, 0.2) is 5.96 Å². The number of aryl methyl sites for hydroxylation is 1. The Hall–Kier alpha value is -1.26. The summed E-state index contributed by atoms with van der Waals surface area (Å²) in [6.07, 6.45) is 3.67. The van der Waals surface area contributed by atoms with Crippen LogP contribution in [0.5, 0.6) is 0 Å². The molecule has 27 heavy (non-hydrogen) atoms. The van der Waals surface area contributed by atoms with Crippen molar-refractivity contribution in [1.82, 2.24) is 15.6 Å². The lowest BCUT2D eigenvalue weighted by Crippen LogP contribution is -2.47. The minimum absolute atomic E-state index is 0. The van der Waals surface area contributed by atoms with Crippen LogP contribution in [0, 0.1) is 12.7 Å². The summed E-state index contributed by atoms with van der Waals surface area (Å²) in [6.45, 7) is 4.84. The second-order valence-corrected chi connectivity index (χ2v) is 7.86. The van der Waals surface area contributed by atoms with Crippen LogP contribution < -0.4 is 10.6 Å². The summed E-state index contributed by atoms with van der Waals surface area (Å²) in [5.41, 5.74) is 1.06. The third-order valence-electron chi connectivity index (χ3n) is 4.80. The summed E-state index contributed by atoms with van der Waals surface area (Å²) >= 11 is 1.68. The molecule has 148 valence electrons. The molecule has 2 aromatic rings. The number of benzene rings is 1. The van der Waals surface area contributed by atoms with E-state index in [0.29, 0.717) is 19.8 Å². The molecular weight excluding hydrogens is 478 g/mol. The molecule has 0 amide bonds. The highest BCUT2D eigenvalue weighted by molar-refractivity contribution is 14.0. The van der Waals surface area contributed by atoms with Gasteiger partial charge in [0.05, 0.1) is 6.54 Å². The van der Waals surface area contributed by atoms with Gasteiger partial charge in [0.1, 0.15) is 10.8 Å². The fraction of sp³-hybridized carbons (Fsp3) is 0.474. The molecule has 1 fully saturated rings. The van der Waals surface area contributed by atoms with Gasteiger partial charge in [0, 0.05) is 43.3 Å². The smallest absolute Gasteiger partial charge is 0.191 e. The van der Waals surface area contributed by atoms with Crippen molar-refractivity contribution in [2.45, 2.75) is 31.7 Å². The molecule has 0 aliphatic carbocycles. The number of rotatable bonds is 5. The second-order valence-electron chi connectivity index (χ2n) is 6.54. The summed E-state index contributed by atoms with van der Waals surface area (Å²) in [5, 5.41) is 7.78. The van der Waals surface area contributed by atoms with Gasteiger partial charge in [0.25, 0.3) is 0 Å². The zero-order chi connectivity index (χ0) is 18.4. The van der Waals surface area contributed by atoms with Crippen LogP contribution in [0.1, 0.15) is 28.3 Å². The van der Waals surface area contributed by atoms with Crippen molar-refractivity contribution < 1.29 is 9.13 Å². The Morgan fingerprint density at radius 3 is 2.56 bits per heavy atom. The summed E-state index contributed by atoms with van der Waals surface area (Å²) in [4.78, 5) is 9.87. The lowest BCUT2D eigenvalue weighted by molar-refractivity contribution is 0.0513. The molecule has 0 atom stereocenters. The number of aliphatic imine (C=N–C) groups is 1. The summed E-state index contributed by atoms with van der Waals surface area (Å²) in [7, 11) is 1.76. The first-order valence-electron chi connectivity index (χ1n) is 8.81. The third kappa shape index (κ3) is 5.86. The standard InChI is InChI=1S/C19H25FN4OS.HI/c1-14-11-22-17(26-14)12-23-18(21-2)24-13-19(7-9-25-10-8-19)15-3-5-16(20)6-4-15;/h3-6,11H,7-10,12-13H2,1-2H3,(H2,21,23,24);1H. The molecule has 5 nitrogen and oxygen atoms in total. The first-order chi connectivity index (χ1) is 12.6. The number of aromatic nitrogens is 1. The van der Waals surface area contributed by atoms with Crippen LogP contribution in [0.15, 0.2) is 35.5 Å². The Balaban J connectivity index is 0.00000261. The van der Waals surface area contributed by atoms with E-state index in [1.165, 1.54) is 17.0 Å². The highest BCUT2D eigenvalue weighted by atomic mass is 127. The summed E-state index contributed by atoms with van der Waals surface area (Å²) < 4.78 is 18.9. The second kappa shape index (κ2) is 10.3. The van der Waals surface area contributed by atoms with Crippen molar-refractivity contribution in [3.63, 3.8) is 0 Å². The van der Waals surface area contributed by atoms with Crippen molar-refractivity contribution in [2.75, 3.05) is 26.8 Å². The van der Waals surface area contributed by atoms with Crippen LogP contribution in [-0.4, -0.2) is 37.7 Å². The largest absolute Gasteiger partial charge is 0.381 e. The maximum absolute atomic E-state index is 13.3. The topological polar surface area (TPSA) is 58.5 Å². The van der Waals surface area contributed by atoms with Gasteiger partial charge in [-0.05, 0) is 37.5 Å². The number of nitrogens with one attached hydrogen (secondary N) is 2. The maximum Gasteiger partial charge on any atom is 0.191 e. The zero-order valence-corrected chi connectivity index (χ0v) is 18.8. The van der Waals surface area contributed by atoms with E-state index in [0.717, 1.165) is 35.9 Å². The Labute approximate surface area is 180 Å². The van der Waals surface area contributed by atoms with Gasteiger partial charge in [-0.2, -0.15) is 0 Å². The lowest BCUT2D eigenvalue weighted by atomic mass is 9.74. The van der Waals surface area contributed by atoms with Gasteiger partial charge in [-0.3, -0.25) is 4.99 Å². The Kier molecular flexibility index (Phi) is 8.43. The Morgan fingerprint density at radius 2 is 1.96 bits per heavy atom. The molecule has 1 saturated heterocycles. The molecule has 0 radical (unpaired) electrons. The van der Waals surface area contributed by atoms with Crippen LogP contribution in [0.25, 0.3) is 0 Å². The SMILES string of the molecule is CN=C(NCc1ncc(C)s1)NCC1(c2ccc(F)cc2)CCOCC1.I. The average molecular weight is 504 g/mol. The molecule has 1 aliphatic heterocycles. The average Bonchev–Trinajstić information content (AvgIpc) is 3.08. The van der Waals surface area contributed by atoms with Crippen LogP contribution in [-0.2, 0) is 16.7 Å². The summed E-state index contributed by atoms with van der Waals surface area (Å²) in [6, 6.07) is 6.84. The number of guanidine groups is 1. The van der Waals surface area contributed by atoms with Gasteiger partial charge in [-0.1, -0.05) is 12.1 Å². The molecule has 1 aliphatic rings. The fourth-order valence-corrected chi connectivity index (χ4v) is 3.98. The number of thiazole rings is 1. The number of hydrogen-bond donors (Lipinski definition) is 2. The lowest BCUT2D eigenvalue weighted by Gasteiger charge is -2.38. The van der Waals surface area contributed by atoms with E-state index in [9.17, 15) is 4.39 Å². The summed E-state index contributed by atoms with van der Waals surface area (Å²) in [5.74, 6) is 0.533. The number of halogens is 2. The van der Waals surface area contributed by atoms with Crippen LogP contribution in [0.4, 0.5) is 4.39 Å². The number of nitrogens with zero attached hydrogens (tertiary/aromatic N) is 2. The van der Waals surface area contributed by atoms with E-state index >= 15 is 0 Å². The van der Waals surface area contributed by atoms with Gasteiger partial charge in [0.2, 0.25) is 0 Å². The monoisotopic (exact) mass is 504 g/mol. The van der Waals surface area contributed by atoms with Crippen molar-refractivity contribution >= 4 is 41.3 Å². The van der Waals surface area contributed by atoms with Crippen molar-refractivity contribution in [3.8, 4) is 0 Å². The first kappa shape index (κ1) is 22.0. The van der Waals surface area contributed by atoms with Gasteiger partial charge in [-0.25, -0.2) is 9.37 Å². The zero-order valence-electron chi connectivity index (χ0n) is 15.6. The first-order valence-corrected chi connectivity index (χ1v) is 9.63. The Morgan fingerprint density at radius 1 is 1.26 bits per heavy atom. The molecule has 0 saturated carbocycles. The van der Waals surface area contributed by atoms with Crippen LogP contribution in [0.2, 0.25) is 0 Å². The van der Waals surface area contributed by atoms with Gasteiger partial charge >= 0.3 is 0 Å². The molecule has 8 heteroatoms. The molecule has 1 aromatic carbocycles. The van der Waals surface area contributed by atoms with E-state index in [-0.39, 0.29) is 35.2 Å². The van der Waals surface area contributed by atoms with E-state index in [1.54, 1.807) is 18.4 Å². The van der Waals surface area contributed by atoms with E-state index in [2.05, 4.69) is 20.6 Å². The molecule has 3 rings (SSSR count). The minimum Gasteiger partial charge on any atom is -0.381 e. The van der Waals surface area contributed by atoms with Crippen molar-refractivity contribution in [1.29, 1.82) is 0 Å². The van der Waals surface area contributed by atoms with Crippen LogP contribution >= 0.6 is 35.3 Å². The van der Waals surface area contributed by atoms with E-state index in [1.807, 2.05) is 25.3 Å². The molecule has 2 N–H and O–H groups in total. The van der Waals surface area contributed by atoms with Crippen molar-refractivity contribution in [2.24, 2.45) is 4.99 Å². The highest BCUT2D eigenvalue weighted by Crippen LogP contribution is 2.34. The number of ether oxygens (including phenoxy) is 1. The Bertz CT molecular complexity index is 744. The predicted molar refractivity (Wildman–Crippen MR) is 119 cm³/mol. The molecule has 0 bridgehead atoms. The van der Waals surface area contributed by atoms with E-state index < -0.39 is 0 Å².